The second-order valence-corrected chi connectivity index (χ2v) is 11.3. The van der Waals surface area contributed by atoms with E-state index in [1.165, 1.54) is 36.0 Å². The summed E-state index contributed by atoms with van der Waals surface area (Å²) in [5.41, 5.74) is 4.10. The molecule has 1 amide bonds. The van der Waals surface area contributed by atoms with Crippen LogP contribution in [0.5, 0.6) is 5.75 Å². The third-order valence-corrected chi connectivity index (χ3v) is 8.54. The molecule has 0 radical (unpaired) electrons. The van der Waals surface area contributed by atoms with Gasteiger partial charge in [0.25, 0.3) is 0 Å². The van der Waals surface area contributed by atoms with Gasteiger partial charge < -0.3 is 9.64 Å². The lowest BCUT2D eigenvalue weighted by Crippen LogP contribution is -2.48. The molecule has 0 saturated carbocycles. The predicted molar refractivity (Wildman–Crippen MR) is 154 cm³/mol. The number of likely N-dealkylation sites (tertiary alicyclic amines) is 1. The molecule has 6 heteroatoms. The van der Waals surface area contributed by atoms with Crippen LogP contribution in [-0.2, 0) is 24.2 Å². The van der Waals surface area contributed by atoms with E-state index in [0.717, 1.165) is 70.6 Å². The number of nitrogens with zero attached hydrogens (tertiary/aromatic N) is 4. The van der Waals surface area contributed by atoms with Crippen LogP contribution in [0.4, 0.5) is 0 Å². The molecule has 5 rings (SSSR count). The first kappa shape index (κ1) is 27.3. The Labute approximate surface area is 233 Å². The predicted octanol–water partition coefficient (Wildman–Crippen LogP) is 5.72. The number of benzene rings is 1. The van der Waals surface area contributed by atoms with Gasteiger partial charge in [-0.3, -0.25) is 19.7 Å². The molecule has 2 aliphatic heterocycles. The van der Waals surface area contributed by atoms with Crippen molar-refractivity contribution >= 4 is 5.91 Å². The number of carbonyl (C=O) groups is 1. The first-order chi connectivity index (χ1) is 19.2. The summed E-state index contributed by atoms with van der Waals surface area (Å²) in [6, 6.07) is 16.8. The third kappa shape index (κ3) is 7.89. The maximum atomic E-state index is 13.1. The minimum absolute atomic E-state index is 0.236. The van der Waals surface area contributed by atoms with Gasteiger partial charge in [-0.15, -0.1) is 0 Å². The van der Waals surface area contributed by atoms with Gasteiger partial charge in [-0.25, -0.2) is 0 Å². The van der Waals surface area contributed by atoms with Crippen molar-refractivity contribution in [2.75, 3.05) is 32.8 Å². The fourth-order valence-electron chi connectivity index (χ4n) is 6.26. The van der Waals surface area contributed by atoms with Gasteiger partial charge in [0, 0.05) is 63.9 Å². The Kier molecular flexibility index (Phi) is 9.60. The number of fused-ring (bicyclic) bond motifs is 1. The quantitative estimate of drug-likeness (QED) is 0.411. The minimum atomic E-state index is 0.236. The van der Waals surface area contributed by atoms with Crippen LogP contribution in [-0.4, -0.2) is 58.5 Å². The summed E-state index contributed by atoms with van der Waals surface area (Å²) in [6.45, 7) is 5.25. The smallest absolute Gasteiger partial charge is 0.222 e. The largest absolute Gasteiger partial charge is 0.492 e. The maximum absolute atomic E-state index is 13.1. The van der Waals surface area contributed by atoms with Crippen molar-refractivity contribution in [1.29, 1.82) is 0 Å². The highest BCUT2D eigenvalue weighted by Gasteiger charge is 2.37. The SMILES string of the molecule is O=C(CCCc1ccncc1)N1CCC2(CCCCc3ccccc3OCCN(Cc3ccncc3)C2)CC1. The lowest BCUT2D eigenvalue weighted by molar-refractivity contribution is -0.134. The number of hydrogen-bond acceptors (Lipinski definition) is 5. The lowest BCUT2D eigenvalue weighted by atomic mass is 9.73. The zero-order chi connectivity index (χ0) is 26.8. The van der Waals surface area contributed by atoms with Crippen molar-refractivity contribution in [3.8, 4) is 5.75 Å². The molecular formula is C33H42N4O2. The fraction of sp³-hybridized carbons (Fsp3) is 0.485. The van der Waals surface area contributed by atoms with Gasteiger partial charge >= 0.3 is 0 Å². The van der Waals surface area contributed by atoms with Crippen LogP contribution >= 0.6 is 0 Å². The Morgan fingerprint density at radius 3 is 2.33 bits per heavy atom. The van der Waals surface area contributed by atoms with E-state index in [1.807, 2.05) is 36.9 Å². The number of pyridine rings is 2. The second kappa shape index (κ2) is 13.7. The summed E-state index contributed by atoms with van der Waals surface area (Å²) >= 11 is 0. The van der Waals surface area contributed by atoms with Gasteiger partial charge in [0.1, 0.15) is 12.4 Å². The minimum Gasteiger partial charge on any atom is -0.492 e. The van der Waals surface area contributed by atoms with Gasteiger partial charge in [-0.2, -0.15) is 0 Å². The van der Waals surface area contributed by atoms with Crippen molar-refractivity contribution < 1.29 is 9.53 Å². The molecule has 2 aromatic heterocycles. The standard InChI is InChI=1S/C33H42N4O2/c38-32(10-5-6-28-11-18-34-19-12-28)37-22-16-33(17-23-37)15-4-3-8-30-7-1-2-9-31(30)39-25-24-36(27-33)26-29-13-20-35-21-14-29/h1-2,7,9,11-14,18-21H,3-6,8,10,15-17,22-27H2. The third-order valence-electron chi connectivity index (χ3n) is 8.54. The molecule has 4 heterocycles. The Morgan fingerprint density at radius 1 is 0.846 bits per heavy atom. The highest BCUT2D eigenvalue weighted by atomic mass is 16.5. The molecular weight excluding hydrogens is 484 g/mol. The number of ether oxygens (including phenoxy) is 1. The topological polar surface area (TPSA) is 58.6 Å². The van der Waals surface area contributed by atoms with Crippen LogP contribution in [0, 0.1) is 5.41 Å². The average Bonchev–Trinajstić information content (AvgIpc) is 2.97. The fourth-order valence-corrected chi connectivity index (χ4v) is 6.26. The number of carbonyl (C=O) groups excluding carboxylic acids is 1. The average molecular weight is 527 g/mol. The van der Waals surface area contributed by atoms with Crippen molar-refractivity contribution in [3.63, 3.8) is 0 Å². The first-order valence-corrected chi connectivity index (χ1v) is 14.7. The van der Waals surface area contributed by atoms with Crippen molar-refractivity contribution in [2.24, 2.45) is 5.41 Å². The summed E-state index contributed by atoms with van der Waals surface area (Å²) in [4.78, 5) is 26.1. The normalized spacial score (nSPS) is 18.4. The Bertz CT molecular complexity index is 1160. The highest BCUT2D eigenvalue weighted by molar-refractivity contribution is 5.76. The molecule has 1 aromatic carbocycles. The molecule has 3 aromatic rings. The van der Waals surface area contributed by atoms with Crippen molar-refractivity contribution in [3.05, 3.63) is 90.0 Å². The number of piperidine rings is 1. The monoisotopic (exact) mass is 526 g/mol. The number of rotatable bonds is 6. The summed E-state index contributed by atoms with van der Waals surface area (Å²) < 4.78 is 6.31. The van der Waals surface area contributed by atoms with Crippen molar-refractivity contribution in [1.82, 2.24) is 19.8 Å². The molecule has 39 heavy (non-hydrogen) atoms. The van der Waals surface area contributed by atoms with E-state index in [2.05, 4.69) is 56.2 Å². The highest BCUT2D eigenvalue weighted by Crippen LogP contribution is 2.39. The van der Waals surface area contributed by atoms with Crippen LogP contribution in [0.25, 0.3) is 0 Å². The van der Waals surface area contributed by atoms with E-state index in [1.54, 1.807) is 0 Å². The number of amides is 1. The molecule has 0 unspecified atom stereocenters. The van der Waals surface area contributed by atoms with E-state index in [0.29, 0.717) is 18.9 Å². The number of aryl methyl sites for hydroxylation is 2. The Hall–Kier alpha value is -3.25. The molecule has 6 nitrogen and oxygen atoms in total. The van der Waals surface area contributed by atoms with E-state index in [-0.39, 0.29) is 5.41 Å². The van der Waals surface area contributed by atoms with Crippen molar-refractivity contribution in [2.45, 2.75) is 64.3 Å². The van der Waals surface area contributed by atoms with Crippen LogP contribution in [0.1, 0.15) is 61.6 Å². The second-order valence-electron chi connectivity index (χ2n) is 11.3. The Balaban J connectivity index is 1.23. The van der Waals surface area contributed by atoms with E-state index >= 15 is 0 Å². The molecule has 0 aliphatic carbocycles. The number of para-hydroxylation sites is 1. The van der Waals surface area contributed by atoms with Gasteiger partial charge in [0.15, 0.2) is 0 Å². The van der Waals surface area contributed by atoms with Crippen LogP contribution in [0.3, 0.4) is 0 Å². The maximum Gasteiger partial charge on any atom is 0.222 e. The zero-order valence-corrected chi connectivity index (χ0v) is 23.1. The van der Waals surface area contributed by atoms with Crippen LogP contribution < -0.4 is 4.74 Å². The molecule has 0 N–H and O–H groups in total. The zero-order valence-electron chi connectivity index (χ0n) is 23.1. The van der Waals surface area contributed by atoms with Gasteiger partial charge in [0.05, 0.1) is 0 Å². The Morgan fingerprint density at radius 2 is 1.56 bits per heavy atom. The summed E-state index contributed by atoms with van der Waals surface area (Å²) in [7, 11) is 0. The molecule has 0 bridgehead atoms. The molecule has 1 saturated heterocycles. The molecule has 2 aliphatic rings. The van der Waals surface area contributed by atoms with Gasteiger partial charge in [-0.1, -0.05) is 24.6 Å². The number of aromatic nitrogens is 2. The lowest BCUT2D eigenvalue weighted by Gasteiger charge is -2.45. The van der Waals surface area contributed by atoms with Crippen LogP contribution in [0.15, 0.2) is 73.3 Å². The van der Waals surface area contributed by atoms with Gasteiger partial charge in [-0.05, 0) is 97.4 Å². The van der Waals surface area contributed by atoms with E-state index in [4.69, 9.17) is 4.74 Å². The molecule has 1 spiro atoms. The van der Waals surface area contributed by atoms with Gasteiger partial charge in [0.2, 0.25) is 5.91 Å². The van der Waals surface area contributed by atoms with E-state index in [9.17, 15) is 4.79 Å². The first-order valence-electron chi connectivity index (χ1n) is 14.7. The molecule has 0 atom stereocenters. The van der Waals surface area contributed by atoms with E-state index < -0.39 is 0 Å². The summed E-state index contributed by atoms with van der Waals surface area (Å²) in [5, 5.41) is 0. The van der Waals surface area contributed by atoms with Crippen LogP contribution in [0.2, 0.25) is 0 Å². The number of hydrogen-bond donors (Lipinski definition) is 0. The summed E-state index contributed by atoms with van der Waals surface area (Å²) in [5.74, 6) is 1.35. The summed E-state index contributed by atoms with van der Waals surface area (Å²) in [6.07, 6.45) is 16.7. The molecule has 206 valence electrons. The molecule has 1 fully saturated rings.